The van der Waals surface area contributed by atoms with Crippen molar-refractivity contribution in [3.05, 3.63) is 53.3 Å². The third-order valence-corrected chi connectivity index (χ3v) is 5.39. The summed E-state index contributed by atoms with van der Waals surface area (Å²) in [5.74, 6) is -2.23. The summed E-state index contributed by atoms with van der Waals surface area (Å²) in [4.78, 5) is 7.77. The second-order valence-electron chi connectivity index (χ2n) is 6.42. The standard InChI is InChI=1S/C19H16ClF4N5O4S/c1-25-34(30,31)29-18-27-16(10-4-3-5-12(8-10)32-2)15(21)17(28-18)26-11-6-7-14(13(20)9-11)33-19(22,23)24/h3-9,25H,1-2H3,(H2,26,27,28,29). The lowest BCUT2D eigenvalue weighted by atomic mass is 10.1. The number of anilines is 3. The first-order valence-corrected chi connectivity index (χ1v) is 11.0. The smallest absolute Gasteiger partial charge is 0.497 e. The zero-order chi connectivity index (χ0) is 25.1. The molecule has 0 saturated carbocycles. The summed E-state index contributed by atoms with van der Waals surface area (Å²) in [5, 5.41) is 2.14. The molecule has 182 valence electrons. The molecule has 0 aliphatic heterocycles. The Bertz CT molecular complexity index is 1310. The van der Waals surface area contributed by atoms with Crippen LogP contribution < -0.4 is 24.2 Å². The predicted molar refractivity (Wildman–Crippen MR) is 117 cm³/mol. The topological polar surface area (TPSA) is 114 Å². The molecule has 34 heavy (non-hydrogen) atoms. The SMILES string of the molecule is CNS(=O)(=O)Nc1nc(Nc2ccc(OC(F)(F)F)c(Cl)c2)c(F)c(-c2cccc(OC)c2)n1. The fraction of sp³-hybridized carbons (Fsp3) is 0.158. The van der Waals surface area contributed by atoms with E-state index >= 15 is 4.39 Å². The van der Waals surface area contributed by atoms with Gasteiger partial charge >= 0.3 is 16.6 Å². The number of methoxy groups -OCH3 is 1. The monoisotopic (exact) mass is 521 g/mol. The molecule has 2 aromatic carbocycles. The molecule has 0 unspecified atom stereocenters. The molecule has 0 aliphatic rings. The Kier molecular flexibility index (Phi) is 7.33. The van der Waals surface area contributed by atoms with Crippen molar-refractivity contribution in [2.45, 2.75) is 6.36 Å². The molecule has 0 amide bonds. The van der Waals surface area contributed by atoms with Crippen LogP contribution in [0.3, 0.4) is 0 Å². The molecule has 15 heteroatoms. The molecule has 3 rings (SSSR count). The maximum Gasteiger partial charge on any atom is 0.573 e. The first-order chi connectivity index (χ1) is 15.9. The van der Waals surface area contributed by atoms with Crippen LogP contribution in [0.2, 0.25) is 5.02 Å². The first kappa shape index (κ1) is 25.3. The molecule has 0 bridgehead atoms. The lowest BCUT2D eigenvalue weighted by molar-refractivity contribution is -0.274. The normalized spacial score (nSPS) is 11.7. The number of hydrogen-bond acceptors (Lipinski definition) is 7. The second-order valence-corrected chi connectivity index (χ2v) is 8.44. The van der Waals surface area contributed by atoms with Crippen LogP contribution in [0.1, 0.15) is 0 Å². The van der Waals surface area contributed by atoms with E-state index in [-0.39, 0.29) is 16.9 Å². The second kappa shape index (κ2) is 9.87. The van der Waals surface area contributed by atoms with Gasteiger partial charge in [0.25, 0.3) is 0 Å². The zero-order valence-electron chi connectivity index (χ0n) is 17.4. The summed E-state index contributed by atoms with van der Waals surface area (Å²) in [6, 6.07) is 9.26. The van der Waals surface area contributed by atoms with E-state index in [4.69, 9.17) is 16.3 Å². The quantitative estimate of drug-likeness (QED) is 0.375. The van der Waals surface area contributed by atoms with Crippen LogP contribution >= 0.6 is 11.6 Å². The summed E-state index contributed by atoms with van der Waals surface area (Å²) in [6.07, 6.45) is -4.96. The van der Waals surface area contributed by atoms with Crippen LogP contribution in [-0.2, 0) is 10.2 Å². The van der Waals surface area contributed by atoms with Crippen LogP contribution in [0.5, 0.6) is 11.5 Å². The molecule has 0 fully saturated rings. The Balaban J connectivity index is 2.06. The summed E-state index contributed by atoms with van der Waals surface area (Å²) < 4.78 is 89.5. The van der Waals surface area contributed by atoms with E-state index in [2.05, 4.69) is 20.0 Å². The van der Waals surface area contributed by atoms with Crippen molar-refractivity contribution >= 4 is 39.3 Å². The van der Waals surface area contributed by atoms with E-state index in [1.165, 1.54) is 19.2 Å². The molecule has 0 saturated heterocycles. The number of ether oxygens (including phenoxy) is 2. The van der Waals surface area contributed by atoms with E-state index in [0.717, 1.165) is 25.2 Å². The Morgan fingerprint density at radius 1 is 1.09 bits per heavy atom. The predicted octanol–water partition coefficient (Wildman–Crippen LogP) is 4.46. The molecule has 0 atom stereocenters. The van der Waals surface area contributed by atoms with Gasteiger partial charge in [0.15, 0.2) is 11.6 Å². The van der Waals surface area contributed by atoms with Crippen LogP contribution in [-0.4, -0.2) is 38.9 Å². The molecule has 3 N–H and O–H groups in total. The van der Waals surface area contributed by atoms with Gasteiger partial charge in [0.1, 0.15) is 17.2 Å². The van der Waals surface area contributed by atoms with E-state index < -0.39 is 44.9 Å². The van der Waals surface area contributed by atoms with Crippen LogP contribution in [0.25, 0.3) is 11.3 Å². The van der Waals surface area contributed by atoms with Crippen molar-refractivity contribution in [3.63, 3.8) is 0 Å². The molecule has 1 heterocycles. The number of nitrogens with zero attached hydrogens (tertiary/aromatic N) is 2. The van der Waals surface area contributed by atoms with Crippen LogP contribution in [0, 0.1) is 5.82 Å². The highest BCUT2D eigenvalue weighted by atomic mass is 35.5. The summed E-state index contributed by atoms with van der Waals surface area (Å²) in [7, 11) is -1.51. The molecular weight excluding hydrogens is 506 g/mol. The third-order valence-electron chi connectivity index (χ3n) is 4.11. The van der Waals surface area contributed by atoms with Crippen molar-refractivity contribution in [1.29, 1.82) is 0 Å². The minimum Gasteiger partial charge on any atom is -0.497 e. The van der Waals surface area contributed by atoms with E-state index in [1.54, 1.807) is 12.1 Å². The molecule has 1 aromatic heterocycles. The van der Waals surface area contributed by atoms with Gasteiger partial charge in [0.05, 0.1) is 12.1 Å². The highest BCUT2D eigenvalue weighted by Crippen LogP contribution is 2.34. The third kappa shape index (κ3) is 6.36. The van der Waals surface area contributed by atoms with Gasteiger partial charge in [-0.2, -0.15) is 13.4 Å². The number of aromatic nitrogens is 2. The van der Waals surface area contributed by atoms with Crippen molar-refractivity contribution in [3.8, 4) is 22.8 Å². The zero-order valence-corrected chi connectivity index (χ0v) is 18.9. The fourth-order valence-corrected chi connectivity index (χ4v) is 3.28. The minimum absolute atomic E-state index is 0.0381. The number of nitrogens with one attached hydrogen (secondary N) is 3. The number of alkyl halides is 3. The maximum atomic E-state index is 15.3. The van der Waals surface area contributed by atoms with Crippen molar-refractivity contribution in [1.82, 2.24) is 14.7 Å². The summed E-state index contributed by atoms with van der Waals surface area (Å²) in [5.41, 5.74) is -0.0105. The van der Waals surface area contributed by atoms with Gasteiger partial charge in [-0.1, -0.05) is 23.7 Å². The molecule has 9 nitrogen and oxygen atoms in total. The van der Waals surface area contributed by atoms with Gasteiger partial charge in [-0.15, -0.1) is 13.2 Å². The van der Waals surface area contributed by atoms with Gasteiger partial charge in [-0.25, -0.2) is 18.8 Å². The Morgan fingerprint density at radius 3 is 2.44 bits per heavy atom. The summed E-state index contributed by atoms with van der Waals surface area (Å²) >= 11 is 5.83. The molecule has 0 radical (unpaired) electrons. The molecular formula is C19H16ClF4N5O4S. The highest BCUT2D eigenvalue weighted by molar-refractivity contribution is 7.90. The molecule has 3 aromatic rings. The van der Waals surface area contributed by atoms with E-state index in [9.17, 15) is 21.6 Å². The minimum atomic E-state index is -4.96. The largest absolute Gasteiger partial charge is 0.573 e. The average Bonchev–Trinajstić information content (AvgIpc) is 2.76. The molecule has 0 spiro atoms. The summed E-state index contributed by atoms with van der Waals surface area (Å²) in [6.45, 7) is 0. The fourth-order valence-electron chi connectivity index (χ4n) is 2.63. The van der Waals surface area contributed by atoms with Gasteiger partial charge in [0, 0.05) is 18.3 Å². The maximum absolute atomic E-state index is 15.3. The average molecular weight is 522 g/mol. The van der Waals surface area contributed by atoms with Crippen molar-refractivity contribution < 1.29 is 35.5 Å². The van der Waals surface area contributed by atoms with Crippen LogP contribution in [0.15, 0.2) is 42.5 Å². The lowest BCUT2D eigenvalue weighted by Gasteiger charge is -2.15. The highest BCUT2D eigenvalue weighted by Gasteiger charge is 2.32. The number of benzene rings is 2. The van der Waals surface area contributed by atoms with Gasteiger partial charge in [-0.3, -0.25) is 0 Å². The molecule has 0 aliphatic carbocycles. The van der Waals surface area contributed by atoms with E-state index in [1.807, 2.05) is 9.44 Å². The lowest BCUT2D eigenvalue weighted by Crippen LogP contribution is -2.27. The van der Waals surface area contributed by atoms with Crippen LogP contribution in [0.4, 0.5) is 35.0 Å². The Morgan fingerprint density at radius 2 is 1.82 bits per heavy atom. The van der Waals surface area contributed by atoms with Crippen molar-refractivity contribution in [2.75, 3.05) is 24.2 Å². The van der Waals surface area contributed by atoms with Gasteiger partial charge < -0.3 is 14.8 Å². The number of halogens is 5. The van der Waals surface area contributed by atoms with E-state index in [0.29, 0.717) is 5.75 Å². The number of rotatable bonds is 8. The van der Waals surface area contributed by atoms with Crippen molar-refractivity contribution in [2.24, 2.45) is 0 Å². The first-order valence-electron chi connectivity index (χ1n) is 9.16. The Labute approximate surface area is 196 Å². The number of hydrogen-bond donors (Lipinski definition) is 3. The Hall–Kier alpha value is -3.36. The van der Waals surface area contributed by atoms with Gasteiger partial charge in [-0.05, 0) is 30.3 Å². The van der Waals surface area contributed by atoms with Gasteiger partial charge in [0.2, 0.25) is 5.95 Å².